The van der Waals surface area contributed by atoms with Gasteiger partial charge in [-0.3, -0.25) is 4.79 Å². The van der Waals surface area contributed by atoms with Crippen LogP contribution in [0.4, 0.5) is 4.39 Å². The lowest BCUT2D eigenvalue weighted by Crippen LogP contribution is -2.33. The van der Waals surface area contributed by atoms with E-state index >= 15 is 0 Å². The van der Waals surface area contributed by atoms with Crippen LogP contribution < -0.4 is 15.8 Å². The highest BCUT2D eigenvalue weighted by Crippen LogP contribution is 2.37. The van der Waals surface area contributed by atoms with Gasteiger partial charge in [0.1, 0.15) is 6.26 Å². The minimum Gasteiger partial charge on any atom is -0.460 e. The monoisotopic (exact) mass is 480 g/mol. The van der Waals surface area contributed by atoms with Crippen LogP contribution in [0.25, 0.3) is 10.9 Å². The number of nitrogens with one attached hydrogen (secondary N) is 2. The number of carbonyl (C=O) groups excluding carboxylic acids is 1. The van der Waals surface area contributed by atoms with Crippen molar-refractivity contribution in [2.75, 3.05) is 0 Å². The Morgan fingerprint density at radius 1 is 1.32 bits per heavy atom. The molecule has 1 aliphatic heterocycles. The molecule has 1 amide bonds. The summed E-state index contributed by atoms with van der Waals surface area (Å²) in [6, 6.07) is 10.8. The summed E-state index contributed by atoms with van der Waals surface area (Å²) >= 11 is 0. The van der Waals surface area contributed by atoms with Crippen LogP contribution >= 0.6 is 12.4 Å². The predicted molar refractivity (Wildman–Crippen MR) is 130 cm³/mol. The number of benzene rings is 2. The molecule has 0 radical (unpaired) electrons. The molecule has 1 fully saturated rings. The average molecular weight is 481 g/mol. The van der Waals surface area contributed by atoms with E-state index in [1.807, 2.05) is 24.4 Å². The van der Waals surface area contributed by atoms with E-state index in [9.17, 15) is 14.4 Å². The summed E-state index contributed by atoms with van der Waals surface area (Å²) in [6.07, 6.45) is 9.21. The molecule has 0 saturated heterocycles. The van der Waals surface area contributed by atoms with Gasteiger partial charge in [-0.1, -0.05) is 0 Å². The molecule has 6 nitrogen and oxygen atoms in total. The Morgan fingerprint density at radius 2 is 2.15 bits per heavy atom. The van der Waals surface area contributed by atoms with Crippen molar-refractivity contribution in [2.24, 2.45) is 11.7 Å². The van der Waals surface area contributed by atoms with Crippen molar-refractivity contribution in [1.29, 1.82) is 5.26 Å². The van der Waals surface area contributed by atoms with Gasteiger partial charge in [-0.25, -0.2) is 4.39 Å². The zero-order chi connectivity index (χ0) is 22.9. The van der Waals surface area contributed by atoms with Crippen molar-refractivity contribution in [3.05, 3.63) is 76.6 Å². The first kappa shape index (κ1) is 23.7. The Kier molecular flexibility index (Phi) is 6.80. The van der Waals surface area contributed by atoms with Crippen molar-refractivity contribution in [1.82, 2.24) is 10.3 Å². The fourth-order valence-corrected chi connectivity index (χ4v) is 4.71. The average Bonchev–Trinajstić information content (AvgIpc) is 3.59. The fraction of sp³-hybridized carbons (Fsp3) is 0.308. The van der Waals surface area contributed by atoms with E-state index in [4.69, 9.17) is 10.5 Å². The number of nitrogens with two attached hydrogens (primary N) is 1. The van der Waals surface area contributed by atoms with E-state index in [1.54, 1.807) is 6.26 Å². The molecule has 1 aromatic heterocycles. The number of hydrogen-bond donors (Lipinski definition) is 3. The molecule has 2 heterocycles. The van der Waals surface area contributed by atoms with Gasteiger partial charge in [0, 0.05) is 40.7 Å². The summed E-state index contributed by atoms with van der Waals surface area (Å²) in [5.41, 5.74) is 10.0. The van der Waals surface area contributed by atoms with Crippen molar-refractivity contribution in [3.8, 4) is 11.8 Å². The Morgan fingerprint density at radius 3 is 2.88 bits per heavy atom. The number of aromatic nitrogens is 1. The topological polar surface area (TPSA) is 104 Å². The number of aromatic amines is 1. The van der Waals surface area contributed by atoms with Crippen LogP contribution in [0.5, 0.6) is 5.75 Å². The van der Waals surface area contributed by atoms with Crippen molar-refractivity contribution in [2.45, 2.75) is 44.6 Å². The third kappa shape index (κ3) is 4.73. The first-order valence-electron chi connectivity index (χ1n) is 11.3. The zero-order valence-electron chi connectivity index (χ0n) is 18.6. The third-order valence-corrected chi connectivity index (χ3v) is 6.58. The summed E-state index contributed by atoms with van der Waals surface area (Å²) < 4.78 is 19.7. The number of allylic oxidation sites excluding steroid dienone is 1. The van der Waals surface area contributed by atoms with Crippen molar-refractivity contribution in [3.63, 3.8) is 0 Å². The molecule has 4 N–H and O–H groups in total. The number of carbonyl (C=O) groups is 1. The molecule has 0 unspecified atom stereocenters. The van der Waals surface area contributed by atoms with Gasteiger partial charge >= 0.3 is 0 Å². The Labute approximate surface area is 203 Å². The van der Waals surface area contributed by atoms with Gasteiger partial charge in [-0.15, -0.1) is 12.4 Å². The lowest BCUT2D eigenvalue weighted by molar-refractivity contribution is 0.0999. The quantitative estimate of drug-likeness (QED) is 0.428. The number of ether oxygens (including phenoxy) is 1. The van der Waals surface area contributed by atoms with Gasteiger partial charge in [0.05, 0.1) is 17.3 Å². The standard InChI is InChI=1S/C26H25FN4O2.ClH/c27-22-8-7-19(26(29)32)21-11-18(14-33-25(21)22)31-23(16-5-6-16)3-1-2-17-13-30-24-9-4-15(12-28)10-20(17)24;/h4,7-10,13-14,16,23,30-31H,1-3,5-6,11H2,(H2,29,32);1H/t23-;/m1./s1. The third-order valence-electron chi connectivity index (χ3n) is 6.58. The molecule has 2 aliphatic rings. The Balaban J connectivity index is 0.00000274. The molecule has 176 valence electrons. The lowest BCUT2D eigenvalue weighted by atomic mass is 9.97. The van der Waals surface area contributed by atoms with E-state index in [0.717, 1.165) is 35.9 Å². The largest absolute Gasteiger partial charge is 0.460 e. The number of rotatable bonds is 8. The van der Waals surface area contributed by atoms with Gasteiger partial charge in [-0.05, 0) is 73.9 Å². The van der Waals surface area contributed by atoms with Crippen LogP contribution in [0.2, 0.25) is 0 Å². The normalized spacial score (nSPS) is 15.4. The first-order chi connectivity index (χ1) is 16.0. The summed E-state index contributed by atoms with van der Waals surface area (Å²) in [4.78, 5) is 15.1. The number of amides is 1. The van der Waals surface area contributed by atoms with Gasteiger partial charge in [0.2, 0.25) is 5.91 Å². The molecule has 1 aliphatic carbocycles. The van der Waals surface area contributed by atoms with Crippen molar-refractivity contribution < 1.29 is 13.9 Å². The maximum Gasteiger partial charge on any atom is 0.249 e. The van der Waals surface area contributed by atoms with Crippen LogP contribution in [0.1, 0.15) is 52.7 Å². The molecule has 3 aromatic rings. The van der Waals surface area contributed by atoms with Crippen LogP contribution in [0.3, 0.4) is 0 Å². The molecule has 0 bridgehead atoms. The molecule has 8 heteroatoms. The molecule has 2 aromatic carbocycles. The highest BCUT2D eigenvalue weighted by molar-refractivity contribution is 5.95. The second-order valence-corrected chi connectivity index (χ2v) is 8.87. The molecular weight excluding hydrogens is 455 g/mol. The summed E-state index contributed by atoms with van der Waals surface area (Å²) in [7, 11) is 0. The maximum atomic E-state index is 14.2. The second kappa shape index (κ2) is 9.78. The molecule has 34 heavy (non-hydrogen) atoms. The SMILES string of the molecule is Cl.N#Cc1ccc2[nH]cc(CCC[C@@H](NC3=COc4c(F)ccc(C(N)=O)c4C3)C3CC3)c2c1. The number of H-pyrrole nitrogens is 1. The number of hydrogen-bond acceptors (Lipinski definition) is 4. The zero-order valence-corrected chi connectivity index (χ0v) is 19.4. The van der Waals surface area contributed by atoms with Gasteiger partial charge in [0.25, 0.3) is 0 Å². The highest BCUT2D eigenvalue weighted by Gasteiger charge is 2.32. The van der Waals surface area contributed by atoms with Crippen LogP contribution in [-0.2, 0) is 12.8 Å². The minimum absolute atomic E-state index is 0. The fourth-order valence-electron chi connectivity index (χ4n) is 4.71. The lowest BCUT2D eigenvalue weighted by Gasteiger charge is -2.25. The van der Waals surface area contributed by atoms with Crippen molar-refractivity contribution >= 4 is 29.2 Å². The molecular formula is C26H26ClFN4O2. The number of fused-ring (bicyclic) bond motifs is 2. The highest BCUT2D eigenvalue weighted by atomic mass is 35.5. The van der Waals surface area contributed by atoms with Crippen LogP contribution in [-0.4, -0.2) is 16.9 Å². The smallest absolute Gasteiger partial charge is 0.249 e. The van der Waals surface area contributed by atoms with E-state index < -0.39 is 11.7 Å². The number of nitriles is 1. The van der Waals surface area contributed by atoms with E-state index in [-0.39, 0.29) is 29.8 Å². The Bertz CT molecular complexity index is 1310. The molecule has 5 rings (SSSR count). The second-order valence-electron chi connectivity index (χ2n) is 8.87. The Hall–Kier alpha value is -3.50. The number of nitrogens with zero attached hydrogens (tertiary/aromatic N) is 1. The van der Waals surface area contributed by atoms with E-state index in [2.05, 4.69) is 16.4 Å². The summed E-state index contributed by atoms with van der Waals surface area (Å²) in [6.45, 7) is 0. The van der Waals surface area contributed by atoms with E-state index in [1.165, 1.54) is 30.5 Å². The van der Waals surface area contributed by atoms with E-state index in [0.29, 0.717) is 23.5 Å². The molecule has 0 spiro atoms. The number of primary amides is 1. The number of aryl methyl sites for hydroxylation is 1. The van der Waals surface area contributed by atoms with Crippen LogP contribution in [0, 0.1) is 23.1 Å². The van der Waals surface area contributed by atoms with Gasteiger partial charge < -0.3 is 20.8 Å². The predicted octanol–water partition coefficient (Wildman–Crippen LogP) is 4.87. The summed E-state index contributed by atoms with van der Waals surface area (Å²) in [5.74, 6) is -0.407. The van der Waals surface area contributed by atoms with Crippen LogP contribution in [0.15, 0.2) is 48.5 Å². The molecule has 1 saturated carbocycles. The summed E-state index contributed by atoms with van der Waals surface area (Å²) in [5, 5.41) is 13.9. The number of halogens is 2. The maximum absolute atomic E-state index is 14.2. The minimum atomic E-state index is -0.590. The first-order valence-corrected chi connectivity index (χ1v) is 11.3. The van der Waals surface area contributed by atoms with Gasteiger partial charge in [0.15, 0.2) is 11.6 Å². The molecule has 1 atom stereocenters. The van der Waals surface area contributed by atoms with Gasteiger partial charge in [-0.2, -0.15) is 5.26 Å².